The number of nitrogens with zero attached hydrogens (tertiary/aromatic N) is 1. The van der Waals surface area contributed by atoms with Crippen molar-refractivity contribution in [1.29, 1.82) is 5.26 Å². The van der Waals surface area contributed by atoms with E-state index in [0.29, 0.717) is 17.2 Å². The van der Waals surface area contributed by atoms with Crippen molar-refractivity contribution in [2.45, 2.75) is 13.3 Å². The zero-order chi connectivity index (χ0) is 13.8. The first-order valence-electron chi connectivity index (χ1n) is 6.07. The average molecular weight is 258 g/mol. The third-order valence-electron chi connectivity index (χ3n) is 3.08. The van der Waals surface area contributed by atoms with E-state index >= 15 is 0 Å². The predicted octanol–water partition coefficient (Wildman–Crippen LogP) is 1.70. The van der Waals surface area contributed by atoms with E-state index in [1.165, 1.54) is 0 Å². The summed E-state index contributed by atoms with van der Waals surface area (Å²) in [7, 11) is 0. The van der Waals surface area contributed by atoms with Crippen LogP contribution in [0.4, 0.5) is 5.69 Å². The number of carbonyl (C=O) groups is 2. The molecular formula is C14H14N2O3. The molecule has 5 nitrogen and oxygen atoms in total. The number of amides is 1. The molecule has 1 amide bonds. The second-order valence-electron chi connectivity index (χ2n) is 4.63. The molecule has 2 atom stereocenters. The fourth-order valence-corrected chi connectivity index (χ4v) is 1.77. The van der Waals surface area contributed by atoms with E-state index in [9.17, 15) is 9.59 Å². The third kappa shape index (κ3) is 3.32. The lowest BCUT2D eigenvalue weighted by atomic mass is 10.2. The maximum absolute atomic E-state index is 11.6. The number of hydrogen-bond donors (Lipinski definition) is 1. The van der Waals surface area contributed by atoms with Crippen molar-refractivity contribution in [3.63, 3.8) is 0 Å². The zero-order valence-electron chi connectivity index (χ0n) is 10.6. The quantitative estimate of drug-likeness (QED) is 0.833. The minimum absolute atomic E-state index is 0.0563. The number of benzene rings is 1. The van der Waals surface area contributed by atoms with Gasteiger partial charge in [0.05, 0.1) is 17.2 Å². The van der Waals surface area contributed by atoms with Gasteiger partial charge >= 0.3 is 5.97 Å². The molecule has 0 saturated heterocycles. The molecule has 1 aromatic rings. The standard InChI is InChI=1S/C14H14N2O3/c1-9-6-11(9)14(18)19-8-13(17)16-12-5-3-2-4-10(12)7-15/h2-5,9,11H,6,8H2,1H3,(H,16,17)/t9-,11-/m0/s1. The summed E-state index contributed by atoms with van der Waals surface area (Å²) >= 11 is 0. The molecule has 2 rings (SSSR count). The summed E-state index contributed by atoms with van der Waals surface area (Å²) < 4.78 is 4.91. The van der Waals surface area contributed by atoms with Crippen molar-refractivity contribution in [2.24, 2.45) is 11.8 Å². The molecule has 0 spiro atoms. The van der Waals surface area contributed by atoms with E-state index in [4.69, 9.17) is 10.00 Å². The van der Waals surface area contributed by atoms with Gasteiger partial charge in [-0.3, -0.25) is 9.59 Å². The summed E-state index contributed by atoms with van der Waals surface area (Å²) in [6.07, 6.45) is 0.831. The number of para-hydroxylation sites is 1. The number of ether oxygens (including phenoxy) is 1. The Hall–Kier alpha value is -2.35. The molecule has 0 unspecified atom stereocenters. The molecule has 0 heterocycles. The number of carbonyl (C=O) groups excluding carboxylic acids is 2. The topological polar surface area (TPSA) is 79.2 Å². The van der Waals surface area contributed by atoms with Gasteiger partial charge in [-0.15, -0.1) is 0 Å². The lowest BCUT2D eigenvalue weighted by Crippen LogP contribution is -2.22. The van der Waals surface area contributed by atoms with Gasteiger partial charge in [0.2, 0.25) is 0 Å². The van der Waals surface area contributed by atoms with Crippen molar-refractivity contribution in [1.82, 2.24) is 0 Å². The van der Waals surface area contributed by atoms with E-state index in [-0.39, 0.29) is 18.5 Å². The first-order valence-corrected chi connectivity index (χ1v) is 6.07. The summed E-state index contributed by atoms with van der Waals surface area (Å²) in [5, 5.41) is 11.4. The smallest absolute Gasteiger partial charge is 0.309 e. The van der Waals surface area contributed by atoms with Crippen molar-refractivity contribution in [2.75, 3.05) is 11.9 Å². The molecule has 1 N–H and O–H groups in total. The maximum Gasteiger partial charge on any atom is 0.309 e. The molecule has 0 radical (unpaired) electrons. The van der Waals surface area contributed by atoms with Gasteiger partial charge in [0.1, 0.15) is 6.07 Å². The van der Waals surface area contributed by atoms with Crippen LogP contribution in [0.25, 0.3) is 0 Å². The van der Waals surface area contributed by atoms with Crippen LogP contribution in [0.5, 0.6) is 0 Å². The number of rotatable bonds is 4. The summed E-state index contributed by atoms with van der Waals surface area (Å²) in [4.78, 5) is 23.1. The molecule has 1 fully saturated rings. The van der Waals surface area contributed by atoms with Crippen molar-refractivity contribution in [3.8, 4) is 6.07 Å². The molecule has 98 valence electrons. The van der Waals surface area contributed by atoms with Crippen molar-refractivity contribution in [3.05, 3.63) is 29.8 Å². The second kappa shape index (κ2) is 5.53. The van der Waals surface area contributed by atoms with Gasteiger partial charge in [-0.25, -0.2) is 0 Å². The average Bonchev–Trinajstić information content (AvgIpc) is 3.14. The highest BCUT2D eigenvalue weighted by Crippen LogP contribution is 2.38. The molecule has 0 aromatic heterocycles. The summed E-state index contributed by atoms with van der Waals surface area (Å²) in [6, 6.07) is 8.64. The minimum atomic E-state index is -0.440. The molecule has 1 aliphatic carbocycles. The van der Waals surface area contributed by atoms with Crippen LogP contribution in [0.2, 0.25) is 0 Å². The van der Waals surface area contributed by atoms with Crippen LogP contribution < -0.4 is 5.32 Å². The van der Waals surface area contributed by atoms with E-state index in [1.54, 1.807) is 24.3 Å². The number of nitriles is 1. The van der Waals surface area contributed by atoms with Crippen LogP contribution in [0, 0.1) is 23.2 Å². The van der Waals surface area contributed by atoms with Gasteiger partial charge < -0.3 is 10.1 Å². The normalized spacial score (nSPS) is 20.2. The van der Waals surface area contributed by atoms with Crippen LogP contribution >= 0.6 is 0 Å². The number of nitrogens with one attached hydrogen (secondary N) is 1. The van der Waals surface area contributed by atoms with Crippen molar-refractivity contribution < 1.29 is 14.3 Å². The molecule has 1 saturated carbocycles. The van der Waals surface area contributed by atoms with Gasteiger partial charge in [0.25, 0.3) is 5.91 Å². The monoisotopic (exact) mass is 258 g/mol. The highest BCUT2D eigenvalue weighted by Gasteiger charge is 2.40. The molecular weight excluding hydrogens is 244 g/mol. The predicted molar refractivity (Wildman–Crippen MR) is 68.0 cm³/mol. The van der Waals surface area contributed by atoms with Crippen LogP contribution in [0.15, 0.2) is 24.3 Å². The van der Waals surface area contributed by atoms with E-state index < -0.39 is 5.91 Å². The SMILES string of the molecule is C[C@H]1C[C@@H]1C(=O)OCC(=O)Nc1ccccc1C#N. The summed E-state index contributed by atoms with van der Waals surface area (Å²) in [5.41, 5.74) is 0.795. The molecule has 5 heteroatoms. The fourth-order valence-electron chi connectivity index (χ4n) is 1.77. The Morgan fingerprint density at radius 2 is 2.16 bits per heavy atom. The Morgan fingerprint density at radius 1 is 1.47 bits per heavy atom. The largest absolute Gasteiger partial charge is 0.455 e. The van der Waals surface area contributed by atoms with Gasteiger partial charge in [-0.2, -0.15) is 5.26 Å². The Bertz CT molecular complexity index is 548. The zero-order valence-corrected chi connectivity index (χ0v) is 10.6. The highest BCUT2D eigenvalue weighted by molar-refractivity contribution is 5.94. The molecule has 0 bridgehead atoms. The Kier molecular flexibility index (Phi) is 3.81. The van der Waals surface area contributed by atoms with Gasteiger partial charge in [0.15, 0.2) is 6.61 Å². The molecule has 1 aromatic carbocycles. The van der Waals surface area contributed by atoms with Crippen molar-refractivity contribution >= 4 is 17.6 Å². The number of anilines is 1. The minimum Gasteiger partial charge on any atom is -0.455 e. The number of hydrogen-bond acceptors (Lipinski definition) is 4. The molecule has 1 aliphatic rings. The first-order chi connectivity index (χ1) is 9.11. The van der Waals surface area contributed by atoms with E-state index in [1.807, 2.05) is 13.0 Å². The lowest BCUT2D eigenvalue weighted by molar-refractivity contribution is -0.148. The van der Waals surface area contributed by atoms with Crippen LogP contribution in [0.3, 0.4) is 0 Å². The van der Waals surface area contributed by atoms with E-state index in [2.05, 4.69) is 5.32 Å². The van der Waals surface area contributed by atoms with Gasteiger partial charge in [-0.05, 0) is 24.5 Å². The van der Waals surface area contributed by atoms with E-state index in [0.717, 1.165) is 6.42 Å². The first kappa shape index (κ1) is 13.1. The van der Waals surface area contributed by atoms with Crippen LogP contribution in [-0.2, 0) is 14.3 Å². The number of esters is 1. The maximum atomic E-state index is 11.6. The lowest BCUT2D eigenvalue weighted by Gasteiger charge is -2.07. The second-order valence-corrected chi connectivity index (χ2v) is 4.63. The van der Waals surface area contributed by atoms with Gasteiger partial charge in [-0.1, -0.05) is 19.1 Å². The molecule has 0 aliphatic heterocycles. The van der Waals surface area contributed by atoms with Crippen LogP contribution in [0.1, 0.15) is 18.9 Å². The molecule has 19 heavy (non-hydrogen) atoms. The third-order valence-corrected chi connectivity index (χ3v) is 3.08. The Morgan fingerprint density at radius 3 is 2.79 bits per heavy atom. The Labute approximate surface area is 111 Å². The summed E-state index contributed by atoms with van der Waals surface area (Å²) in [6.45, 7) is 1.65. The van der Waals surface area contributed by atoms with Crippen LogP contribution in [-0.4, -0.2) is 18.5 Å². The summed E-state index contributed by atoms with van der Waals surface area (Å²) in [5.74, 6) is -0.463. The van der Waals surface area contributed by atoms with Gasteiger partial charge in [0, 0.05) is 0 Å². The Balaban J connectivity index is 1.84. The highest BCUT2D eigenvalue weighted by atomic mass is 16.5. The fraction of sp³-hybridized carbons (Fsp3) is 0.357.